The third kappa shape index (κ3) is 1.28. The summed E-state index contributed by atoms with van der Waals surface area (Å²) in [4.78, 5) is 18.1. The van der Waals surface area contributed by atoms with E-state index in [1.54, 1.807) is 12.1 Å². The number of aromatic nitrogens is 2. The minimum Gasteiger partial charge on any atom is -0.464 e. The molecular weight excluding hydrogens is 182 g/mol. The van der Waals surface area contributed by atoms with Gasteiger partial charge in [0.2, 0.25) is 0 Å². The molecule has 5 nitrogen and oxygen atoms in total. The number of hydrogen-bond donors (Lipinski definition) is 2. The van der Waals surface area contributed by atoms with Crippen LogP contribution in [0.5, 0.6) is 0 Å². The van der Waals surface area contributed by atoms with Crippen LogP contribution in [0.2, 0.25) is 0 Å². The number of methoxy groups -OCH3 is 1. The van der Waals surface area contributed by atoms with Gasteiger partial charge in [0.05, 0.1) is 30.0 Å². The van der Waals surface area contributed by atoms with E-state index < -0.39 is 5.97 Å². The number of rotatable bonds is 1. The molecule has 5 heteroatoms. The summed E-state index contributed by atoms with van der Waals surface area (Å²) in [6.07, 6.45) is 1.54. The predicted molar refractivity (Wildman–Crippen MR) is 51.8 cm³/mol. The quantitative estimate of drug-likeness (QED) is 0.657. The van der Waals surface area contributed by atoms with Crippen LogP contribution in [0.15, 0.2) is 18.3 Å². The monoisotopic (exact) mass is 191 g/mol. The van der Waals surface area contributed by atoms with Gasteiger partial charge in [0.15, 0.2) is 0 Å². The Hall–Kier alpha value is -2.04. The molecule has 14 heavy (non-hydrogen) atoms. The van der Waals surface area contributed by atoms with E-state index in [2.05, 4.69) is 14.7 Å². The zero-order valence-electron chi connectivity index (χ0n) is 7.57. The Labute approximate surface area is 79.9 Å². The summed E-state index contributed by atoms with van der Waals surface area (Å²) in [5.41, 5.74) is 7.89. The molecule has 0 amide bonds. The van der Waals surface area contributed by atoms with Crippen LogP contribution >= 0.6 is 0 Å². The fraction of sp³-hybridized carbons (Fsp3) is 0.111. The molecule has 0 saturated carbocycles. The number of fused-ring (bicyclic) bond motifs is 1. The average Bonchev–Trinajstić information content (AvgIpc) is 2.59. The number of carbonyl (C=O) groups excluding carboxylic acids is 1. The van der Waals surface area contributed by atoms with E-state index >= 15 is 0 Å². The fourth-order valence-corrected chi connectivity index (χ4v) is 1.24. The number of nitrogens with one attached hydrogen (secondary N) is 1. The number of nitrogen functional groups attached to an aromatic ring is 1. The average molecular weight is 191 g/mol. The molecular formula is C9H9N3O2. The first-order valence-electron chi connectivity index (χ1n) is 4.03. The van der Waals surface area contributed by atoms with Gasteiger partial charge in [0.25, 0.3) is 0 Å². The van der Waals surface area contributed by atoms with Gasteiger partial charge in [-0.3, -0.25) is 4.98 Å². The topological polar surface area (TPSA) is 81.0 Å². The number of H-pyrrole nitrogens is 1. The van der Waals surface area contributed by atoms with Crippen molar-refractivity contribution < 1.29 is 9.53 Å². The second-order valence-electron chi connectivity index (χ2n) is 2.88. The summed E-state index contributed by atoms with van der Waals surface area (Å²) in [5, 5.41) is 0. The summed E-state index contributed by atoms with van der Waals surface area (Å²) in [5.74, 6) is -0.415. The lowest BCUT2D eigenvalue weighted by Gasteiger charge is -1.92. The van der Waals surface area contributed by atoms with E-state index in [9.17, 15) is 4.79 Å². The first-order valence-corrected chi connectivity index (χ1v) is 4.03. The Morgan fingerprint density at radius 2 is 2.36 bits per heavy atom. The van der Waals surface area contributed by atoms with Gasteiger partial charge in [-0.25, -0.2) is 4.79 Å². The Morgan fingerprint density at radius 1 is 1.57 bits per heavy atom. The van der Waals surface area contributed by atoms with Crippen LogP contribution in [0.3, 0.4) is 0 Å². The molecule has 0 atom stereocenters. The van der Waals surface area contributed by atoms with Crippen molar-refractivity contribution in [3.63, 3.8) is 0 Å². The highest BCUT2D eigenvalue weighted by molar-refractivity contribution is 5.93. The zero-order chi connectivity index (χ0) is 10.1. The van der Waals surface area contributed by atoms with Crippen LogP contribution < -0.4 is 5.73 Å². The number of pyridine rings is 1. The van der Waals surface area contributed by atoms with Gasteiger partial charge in [-0.15, -0.1) is 0 Å². The summed E-state index contributed by atoms with van der Waals surface area (Å²) in [6.45, 7) is 0. The standard InChI is InChI=1S/C9H9N3O2/c1-14-9(13)8-3-6-7(12-8)2-5(10)4-11-6/h2-4,12H,10H2,1H3. The van der Waals surface area contributed by atoms with E-state index in [-0.39, 0.29) is 0 Å². The number of aromatic amines is 1. The largest absolute Gasteiger partial charge is 0.464 e. The van der Waals surface area contributed by atoms with Crippen LogP contribution in [0, 0.1) is 0 Å². The molecule has 0 fully saturated rings. The van der Waals surface area contributed by atoms with Crippen molar-refractivity contribution in [1.29, 1.82) is 0 Å². The Morgan fingerprint density at radius 3 is 3.07 bits per heavy atom. The van der Waals surface area contributed by atoms with Gasteiger partial charge in [-0.05, 0) is 12.1 Å². The zero-order valence-corrected chi connectivity index (χ0v) is 7.57. The molecule has 0 aliphatic rings. The van der Waals surface area contributed by atoms with Crippen LogP contribution in [0.4, 0.5) is 5.69 Å². The Kier molecular flexibility index (Phi) is 1.85. The highest BCUT2D eigenvalue weighted by Crippen LogP contribution is 2.15. The molecule has 0 bridgehead atoms. The first-order chi connectivity index (χ1) is 6.70. The van der Waals surface area contributed by atoms with E-state index in [0.29, 0.717) is 16.9 Å². The van der Waals surface area contributed by atoms with Gasteiger partial charge in [0, 0.05) is 0 Å². The molecule has 2 aromatic heterocycles. The molecule has 2 aromatic rings. The predicted octanol–water partition coefficient (Wildman–Crippen LogP) is 0.932. The van der Waals surface area contributed by atoms with E-state index in [0.717, 1.165) is 5.52 Å². The van der Waals surface area contributed by atoms with E-state index in [4.69, 9.17) is 5.73 Å². The number of ether oxygens (including phenoxy) is 1. The second-order valence-corrected chi connectivity index (χ2v) is 2.88. The molecule has 72 valence electrons. The number of anilines is 1. The molecule has 0 spiro atoms. The number of hydrogen-bond acceptors (Lipinski definition) is 4. The number of carbonyl (C=O) groups is 1. The van der Waals surface area contributed by atoms with Crippen molar-refractivity contribution in [2.45, 2.75) is 0 Å². The summed E-state index contributed by atoms with van der Waals surface area (Å²) in [6, 6.07) is 3.34. The molecule has 2 rings (SSSR count). The first kappa shape index (κ1) is 8.55. The smallest absolute Gasteiger partial charge is 0.354 e. The summed E-state index contributed by atoms with van der Waals surface area (Å²) >= 11 is 0. The van der Waals surface area contributed by atoms with Crippen molar-refractivity contribution in [3.8, 4) is 0 Å². The van der Waals surface area contributed by atoms with E-state index in [1.165, 1.54) is 13.3 Å². The molecule has 2 heterocycles. The highest BCUT2D eigenvalue weighted by Gasteiger charge is 2.09. The maximum absolute atomic E-state index is 11.2. The molecule has 0 unspecified atom stereocenters. The number of nitrogens with zero attached hydrogens (tertiary/aromatic N) is 1. The van der Waals surface area contributed by atoms with Crippen LogP contribution in [-0.4, -0.2) is 23.0 Å². The number of esters is 1. The van der Waals surface area contributed by atoms with Gasteiger partial charge >= 0.3 is 5.97 Å². The second kappa shape index (κ2) is 3.02. The lowest BCUT2D eigenvalue weighted by atomic mass is 10.3. The van der Waals surface area contributed by atoms with Gasteiger partial charge in [0.1, 0.15) is 5.69 Å². The lowest BCUT2D eigenvalue weighted by Crippen LogP contribution is -2.00. The SMILES string of the molecule is COC(=O)c1cc2ncc(N)cc2[nH]1. The highest BCUT2D eigenvalue weighted by atomic mass is 16.5. The maximum atomic E-state index is 11.2. The minimum atomic E-state index is -0.415. The lowest BCUT2D eigenvalue weighted by molar-refractivity contribution is 0.0595. The molecule has 0 aliphatic carbocycles. The van der Waals surface area contributed by atoms with Gasteiger partial charge < -0.3 is 15.5 Å². The van der Waals surface area contributed by atoms with Gasteiger partial charge in [-0.2, -0.15) is 0 Å². The third-order valence-corrected chi connectivity index (χ3v) is 1.90. The van der Waals surface area contributed by atoms with Crippen molar-refractivity contribution >= 4 is 22.7 Å². The van der Waals surface area contributed by atoms with Crippen LogP contribution in [0.25, 0.3) is 11.0 Å². The minimum absolute atomic E-state index is 0.376. The van der Waals surface area contributed by atoms with Gasteiger partial charge in [-0.1, -0.05) is 0 Å². The normalized spacial score (nSPS) is 10.4. The third-order valence-electron chi connectivity index (χ3n) is 1.90. The van der Waals surface area contributed by atoms with Crippen molar-refractivity contribution in [2.75, 3.05) is 12.8 Å². The Balaban J connectivity index is 2.56. The molecule has 0 radical (unpaired) electrons. The fourth-order valence-electron chi connectivity index (χ4n) is 1.24. The van der Waals surface area contributed by atoms with Crippen LogP contribution in [0.1, 0.15) is 10.5 Å². The summed E-state index contributed by atoms with van der Waals surface area (Å²) < 4.78 is 4.57. The maximum Gasteiger partial charge on any atom is 0.354 e. The molecule has 3 N–H and O–H groups in total. The number of nitrogens with two attached hydrogens (primary N) is 1. The summed E-state index contributed by atoms with van der Waals surface area (Å²) in [7, 11) is 1.33. The molecule has 0 saturated heterocycles. The Bertz CT molecular complexity index is 490. The van der Waals surface area contributed by atoms with Crippen molar-refractivity contribution in [2.24, 2.45) is 0 Å². The molecule has 0 aliphatic heterocycles. The van der Waals surface area contributed by atoms with E-state index in [1.807, 2.05) is 0 Å². The van der Waals surface area contributed by atoms with Crippen LogP contribution in [-0.2, 0) is 4.74 Å². The van der Waals surface area contributed by atoms with Crippen molar-refractivity contribution in [3.05, 3.63) is 24.0 Å². The van der Waals surface area contributed by atoms with Crippen molar-refractivity contribution in [1.82, 2.24) is 9.97 Å². The molecule has 0 aromatic carbocycles.